The first-order chi connectivity index (χ1) is 14.8. The Morgan fingerprint density at radius 2 is 2.06 bits per heavy atom. The molecule has 0 bridgehead atoms. The second kappa shape index (κ2) is 8.34. The third-order valence-electron chi connectivity index (χ3n) is 4.32. The number of aryl methyl sites for hydroxylation is 2. The Morgan fingerprint density at radius 1 is 1.23 bits per heavy atom. The number of thiophene rings is 1. The Balaban J connectivity index is 1.45. The number of nitrogens with zero attached hydrogens (tertiary/aromatic N) is 4. The number of rotatable bonds is 6. The highest BCUT2D eigenvalue weighted by Gasteiger charge is 2.30. The van der Waals surface area contributed by atoms with E-state index in [1.165, 1.54) is 28.2 Å². The van der Waals surface area contributed by atoms with Crippen LogP contribution < -0.4 is 5.32 Å². The van der Waals surface area contributed by atoms with Gasteiger partial charge in [-0.3, -0.25) is 4.79 Å². The van der Waals surface area contributed by atoms with Gasteiger partial charge in [-0.1, -0.05) is 6.07 Å². The molecule has 0 unspecified atom stereocenters. The SMILES string of the molecule is Cc1cc(NC(=O)CCc2nnc(-c3ccsc3)o2)n(-c2cccc(C(F)(F)F)c2)n1. The molecule has 1 N–H and O–H groups in total. The van der Waals surface area contributed by atoms with E-state index in [2.05, 4.69) is 20.6 Å². The summed E-state index contributed by atoms with van der Waals surface area (Å²) < 4.78 is 45.9. The second-order valence-electron chi connectivity index (χ2n) is 6.69. The molecule has 4 aromatic rings. The Hall–Kier alpha value is -3.47. The zero-order valence-corrected chi connectivity index (χ0v) is 17.0. The molecular weight excluding hydrogens is 431 g/mol. The highest BCUT2D eigenvalue weighted by atomic mass is 32.1. The van der Waals surface area contributed by atoms with Crippen molar-refractivity contribution in [2.24, 2.45) is 0 Å². The van der Waals surface area contributed by atoms with E-state index < -0.39 is 11.7 Å². The summed E-state index contributed by atoms with van der Waals surface area (Å²) in [6, 6.07) is 8.17. The van der Waals surface area contributed by atoms with E-state index in [9.17, 15) is 18.0 Å². The zero-order valence-electron chi connectivity index (χ0n) is 16.2. The van der Waals surface area contributed by atoms with Crippen LogP contribution in [-0.2, 0) is 17.4 Å². The molecule has 0 spiro atoms. The molecule has 0 aliphatic heterocycles. The molecule has 4 rings (SSSR count). The minimum atomic E-state index is -4.48. The molecular formula is C20H16F3N5O2S. The van der Waals surface area contributed by atoms with Crippen LogP contribution in [0.2, 0.25) is 0 Å². The van der Waals surface area contributed by atoms with Crippen molar-refractivity contribution < 1.29 is 22.4 Å². The number of amides is 1. The first kappa shape index (κ1) is 20.8. The van der Waals surface area contributed by atoms with Crippen LogP contribution in [0.3, 0.4) is 0 Å². The standard InChI is InChI=1S/C20H16F3N5O2S/c1-12-9-16(28(27-12)15-4-2-3-14(10-15)20(21,22)23)24-17(29)5-6-18-25-26-19(30-18)13-7-8-31-11-13/h2-4,7-11H,5-6H2,1H3,(H,24,29). The van der Waals surface area contributed by atoms with Gasteiger partial charge in [-0.15, -0.1) is 10.2 Å². The average Bonchev–Trinajstić information content (AvgIpc) is 3.47. The molecule has 0 saturated carbocycles. The summed E-state index contributed by atoms with van der Waals surface area (Å²) in [4.78, 5) is 12.4. The molecule has 0 atom stereocenters. The van der Waals surface area contributed by atoms with Crippen LogP contribution in [0.1, 0.15) is 23.6 Å². The van der Waals surface area contributed by atoms with Gasteiger partial charge in [0.1, 0.15) is 5.82 Å². The van der Waals surface area contributed by atoms with Gasteiger partial charge in [-0.2, -0.15) is 29.6 Å². The highest BCUT2D eigenvalue weighted by molar-refractivity contribution is 7.08. The summed E-state index contributed by atoms with van der Waals surface area (Å²) in [5.41, 5.74) is 0.752. The predicted octanol–water partition coefficient (Wildman–Crippen LogP) is 4.88. The van der Waals surface area contributed by atoms with Crippen molar-refractivity contribution in [1.29, 1.82) is 0 Å². The number of anilines is 1. The number of carbonyl (C=O) groups excluding carboxylic acids is 1. The Labute approximate surface area is 178 Å². The summed E-state index contributed by atoms with van der Waals surface area (Å²) >= 11 is 1.50. The number of aromatic nitrogens is 4. The summed E-state index contributed by atoms with van der Waals surface area (Å²) in [7, 11) is 0. The van der Waals surface area contributed by atoms with Crippen molar-refractivity contribution in [1.82, 2.24) is 20.0 Å². The monoisotopic (exact) mass is 447 g/mol. The second-order valence-corrected chi connectivity index (χ2v) is 7.47. The molecule has 11 heteroatoms. The Kier molecular flexibility index (Phi) is 5.59. The van der Waals surface area contributed by atoms with E-state index in [-0.39, 0.29) is 30.3 Å². The van der Waals surface area contributed by atoms with Crippen LogP contribution in [0.4, 0.5) is 19.0 Å². The fourth-order valence-corrected chi connectivity index (χ4v) is 3.51. The Morgan fingerprint density at radius 3 is 2.81 bits per heavy atom. The van der Waals surface area contributed by atoms with E-state index in [4.69, 9.17) is 4.42 Å². The number of carbonyl (C=O) groups is 1. The summed E-state index contributed by atoms with van der Waals surface area (Å²) in [6.07, 6.45) is -4.20. The van der Waals surface area contributed by atoms with Crippen LogP contribution in [0.5, 0.6) is 0 Å². The van der Waals surface area contributed by atoms with Gasteiger partial charge in [0.25, 0.3) is 0 Å². The number of hydrogen-bond acceptors (Lipinski definition) is 6. The highest BCUT2D eigenvalue weighted by Crippen LogP contribution is 2.31. The number of alkyl halides is 3. The predicted molar refractivity (Wildman–Crippen MR) is 108 cm³/mol. The number of hydrogen-bond donors (Lipinski definition) is 1. The van der Waals surface area contributed by atoms with E-state index in [1.54, 1.807) is 13.0 Å². The topological polar surface area (TPSA) is 85.8 Å². The number of nitrogens with one attached hydrogen (secondary N) is 1. The number of benzene rings is 1. The molecule has 0 saturated heterocycles. The van der Waals surface area contributed by atoms with Gasteiger partial charge >= 0.3 is 6.18 Å². The van der Waals surface area contributed by atoms with Crippen molar-refractivity contribution in [3.05, 3.63) is 64.3 Å². The summed E-state index contributed by atoms with van der Waals surface area (Å²) in [6.45, 7) is 1.68. The molecule has 7 nitrogen and oxygen atoms in total. The minimum absolute atomic E-state index is 0.0537. The van der Waals surface area contributed by atoms with Gasteiger partial charge < -0.3 is 9.73 Å². The van der Waals surface area contributed by atoms with Crippen molar-refractivity contribution in [2.45, 2.75) is 25.9 Å². The molecule has 1 aromatic carbocycles. The lowest BCUT2D eigenvalue weighted by Gasteiger charge is -2.11. The van der Waals surface area contributed by atoms with Crippen LogP contribution >= 0.6 is 11.3 Å². The van der Waals surface area contributed by atoms with E-state index in [0.29, 0.717) is 17.5 Å². The average molecular weight is 447 g/mol. The van der Waals surface area contributed by atoms with Crippen LogP contribution in [-0.4, -0.2) is 25.9 Å². The molecule has 0 radical (unpaired) electrons. The molecule has 0 aliphatic rings. The van der Waals surface area contributed by atoms with Gasteiger partial charge in [-0.05, 0) is 36.6 Å². The van der Waals surface area contributed by atoms with Gasteiger partial charge in [-0.25, -0.2) is 4.68 Å². The fourth-order valence-electron chi connectivity index (χ4n) is 2.88. The maximum Gasteiger partial charge on any atom is 0.416 e. The molecule has 160 valence electrons. The van der Waals surface area contributed by atoms with Crippen LogP contribution in [0.25, 0.3) is 17.1 Å². The van der Waals surface area contributed by atoms with Crippen molar-refractivity contribution >= 4 is 23.1 Å². The first-order valence-corrected chi connectivity index (χ1v) is 10.1. The zero-order chi connectivity index (χ0) is 22.0. The summed E-state index contributed by atoms with van der Waals surface area (Å²) in [5, 5.41) is 18.5. The first-order valence-electron chi connectivity index (χ1n) is 9.19. The minimum Gasteiger partial charge on any atom is -0.421 e. The van der Waals surface area contributed by atoms with Gasteiger partial charge in [0.15, 0.2) is 0 Å². The van der Waals surface area contributed by atoms with E-state index >= 15 is 0 Å². The Bertz CT molecular complexity index is 1200. The van der Waals surface area contributed by atoms with Crippen molar-refractivity contribution in [3.63, 3.8) is 0 Å². The van der Waals surface area contributed by atoms with Crippen LogP contribution in [0.15, 0.2) is 51.6 Å². The number of halogens is 3. The van der Waals surface area contributed by atoms with E-state index in [1.807, 2.05) is 16.8 Å². The van der Waals surface area contributed by atoms with Crippen molar-refractivity contribution in [2.75, 3.05) is 5.32 Å². The maximum absolute atomic E-state index is 13.0. The van der Waals surface area contributed by atoms with Gasteiger partial charge in [0.05, 0.1) is 16.9 Å². The van der Waals surface area contributed by atoms with Crippen LogP contribution in [0, 0.1) is 6.92 Å². The molecule has 0 fully saturated rings. The quantitative estimate of drug-likeness (QED) is 0.455. The molecule has 1 amide bonds. The van der Waals surface area contributed by atoms with Gasteiger partial charge in [0, 0.05) is 29.9 Å². The summed E-state index contributed by atoms with van der Waals surface area (Å²) in [5.74, 6) is 0.614. The third-order valence-corrected chi connectivity index (χ3v) is 5.00. The molecule has 0 aliphatic carbocycles. The molecule has 31 heavy (non-hydrogen) atoms. The molecule has 3 aromatic heterocycles. The van der Waals surface area contributed by atoms with Gasteiger partial charge in [0.2, 0.25) is 17.7 Å². The third kappa shape index (κ3) is 4.82. The van der Waals surface area contributed by atoms with Crippen molar-refractivity contribution in [3.8, 4) is 17.1 Å². The lowest BCUT2D eigenvalue weighted by molar-refractivity contribution is -0.137. The molecule has 3 heterocycles. The maximum atomic E-state index is 13.0. The smallest absolute Gasteiger partial charge is 0.416 e. The fraction of sp³-hybridized carbons (Fsp3) is 0.200. The normalized spacial score (nSPS) is 11.6. The largest absolute Gasteiger partial charge is 0.421 e. The lowest BCUT2D eigenvalue weighted by Crippen LogP contribution is -2.16. The lowest BCUT2D eigenvalue weighted by atomic mass is 10.2. The van der Waals surface area contributed by atoms with E-state index in [0.717, 1.165) is 17.7 Å².